The topological polar surface area (TPSA) is 92.6 Å². The molecule has 0 saturated carbocycles. The molecule has 0 aromatic carbocycles. The van der Waals surface area contributed by atoms with Crippen molar-refractivity contribution in [3.05, 3.63) is 36.3 Å². The molecule has 0 spiro atoms. The van der Waals surface area contributed by atoms with Crippen molar-refractivity contribution in [3.8, 4) is 0 Å². The number of aliphatic imine (C=N–C) groups is 1. The van der Waals surface area contributed by atoms with Crippen molar-refractivity contribution in [1.82, 2.24) is 10.6 Å². The van der Waals surface area contributed by atoms with Crippen LogP contribution in [0.4, 0.5) is 0 Å². The second-order valence-corrected chi connectivity index (χ2v) is 3.87. The third kappa shape index (κ3) is 5.74. The molecule has 0 aliphatic carbocycles. The Bertz CT molecular complexity index is 423. The summed E-state index contributed by atoms with van der Waals surface area (Å²) in [7, 11) is 0. The number of hydrogen-bond acceptors (Lipinski definition) is 3. The third-order valence-corrected chi connectivity index (χ3v) is 2.00. The van der Waals surface area contributed by atoms with Gasteiger partial charge in [0.15, 0.2) is 5.96 Å². The molecule has 6 nitrogen and oxygen atoms in total. The van der Waals surface area contributed by atoms with Gasteiger partial charge >= 0.3 is 0 Å². The van der Waals surface area contributed by atoms with Crippen LogP contribution in [0.1, 0.15) is 12.7 Å². The van der Waals surface area contributed by atoms with Gasteiger partial charge in [-0.25, -0.2) is 4.99 Å². The fraction of sp³-hybridized carbons (Fsp3) is 0.333. The molecule has 18 heavy (non-hydrogen) atoms. The number of guanidine groups is 1. The van der Waals surface area contributed by atoms with Crippen molar-refractivity contribution in [2.45, 2.75) is 13.5 Å². The monoisotopic (exact) mass is 250 g/mol. The molecular weight excluding hydrogens is 232 g/mol. The van der Waals surface area contributed by atoms with E-state index in [1.165, 1.54) is 0 Å². The zero-order chi connectivity index (χ0) is 13.4. The van der Waals surface area contributed by atoms with Crippen LogP contribution in [0.5, 0.6) is 0 Å². The van der Waals surface area contributed by atoms with Gasteiger partial charge in [0.25, 0.3) is 0 Å². The van der Waals surface area contributed by atoms with Gasteiger partial charge in [0.1, 0.15) is 12.3 Å². The molecule has 98 valence electrons. The fourth-order valence-corrected chi connectivity index (χ4v) is 1.11. The number of carbonyl (C=O) groups is 1. The molecule has 1 aromatic heterocycles. The highest BCUT2D eigenvalue weighted by atomic mass is 16.3. The van der Waals surface area contributed by atoms with E-state index in [0.717, 1.165) is 5.57 Å². The van der Waals surface area contributed by atoms with Crippen LogP contribution in [0, 0.1) is 0 Å². The summed E-state index contributed by atoms with van der Waals surface area (Å²) in [6.45, 7) is 6.46. The first-order valence-corrected chi connectivity index (χ1v) is 5.55. The first-order chi connectivity index (χ1) is 8.58. The summed E-state index contributed by atoms with van der Waals surface area (Å²) < 4.78 is 5.08. The summed E-state index contributed by atoms with van der Waals surface area (Å²) in [4.78, 5) is 15.3. The molecule has 1 rings (SSSR count). The molecule has 4 N–H and O–H groups in total. The van der Waals surface area contributed by atoms with E-state index in [2.05, 4.69) is 22.2 Å². The van der Waals surface area contributed by atoms with E-state index in [0.29, 0.717) is 18.8 Å². The zero-order valence-electron chi connectivity index (χ0n) is 10.4. The zero-order valence-corrected chi connectivity index (χ0v) is 10.4. The van der Waals surface area contributed by atoms with Crippen LogP contribution >= 0.6 is 0 Å². The molecule has 0 aliphatic heterocycles. The summed E-state index contributed by atoms with van der Waals surface area (Å²) in [5, 5.41) is 5.50. The van der Waals surface area contributed by atoms with E-state index >= 15 is 0 Å². The van der Waals surface area contributed by atoms with Crippen LogP contribution < -0.4 is 16.4 Å². The molecule has 1 heterocycles. The lowest BCUT2D eigenvalue weighted by Gasteiger charge is -2.05. The minimum atomic E-state index is -0.216. The Labute approximate surface area is 106 Å². The van der Waals surface area contributed by atoms with Gasteiger partial charge in [-0.3, -0.25) is 4.79 Å². The highest BCUT2D eigenvalue weighted by molar-refractivity contribution is 5.83. The molecule has 1 amide bonds. The molecule has 0 saturated heterocycles. The highest BCUT2D eigenvalue weighted by Gasteiger charge is 2.01. The lowest BCUT2D eigenvalue weighted by Crippen LogP contribution is -2.34. The number of nitrogens with zero attached hydrogens (tertiary/aromatic N) is 1. The smallest absolute Gasteiger partial charge is 0.242 e. The molecule has 0 atom stereocenters. The van der Waals surface area contributed by atoms with Crippen molar-refractivity contribution < 1.29 is 9.21 Å². The Morgan fingerprint density at radius 2 is 2.33 bits per heavy atom. The number of hydrogen-bond donors (Lipinski definition) is 3. The SMILES string of the molecule is C=C(C)CNC(N)=NCC(=O)NCc1ccco1. The average Bonchev–Trinajstić information content (AvgIpc) is 2.84. The molecule has 0 fully saturated rings. The van der Waals surface area contributed by atoms with Gasteiger partial charge in [0.05, 0.1) is 12.8 Å². The first-order valence-electron chi connectivity index (χ1n) is 5.55. The molecule has 0 unspecified atom stereocenters. The summed E-state index contributed by atoms with van der Waals surface area (Å²) in [6.07, 6.45) is 1.55. The van der Waals surface area contributed by atoms with Crippen molar-refractivity contribution >= 4 is 11.9 Å². The van der Waals surface area contributed by atoms with Gasteiger partial charge in [0, 0.05) is 6.54 Å². The lowest BCUT2D eigenvalue weighted by atomic mass is 10.3. The van der Waals surface area contributed by atoms with Crippen molar-refractivity contribution in [2.75, 3.05) is 13.1 Å². The second kappa shape index (κ2) is 7.16. The van der Waals surface area contributed by atoms with E-state index in [1.54, 1.807) is 18.4 Å². The van der Waals surface area contributed by atoms with Crippen molar-refractivity contribution in [2.24, 2.45) is 10.7 Å². The lowest BCUT2D eigenvalue weighted by molar-refractivity contribution is -0.119. The van der Waals surface area contributed by atoms with Crippen LogP contribution in [-0.4, -0.2) is 25.0 Å². The number of amides is 1. The molecular formula is C12H18N4O2. The molecule has 0 radical (unpaired) electrons. The molecule has 1 aromatic rings. The maximum absolute atomic E-state index is 11.4. The summed E-state index contributed by atoms with van der Waals surface area (Å²) in [5.74, 6) is 0.707. The highest BCUT2D eigenvalue weighted by Crippen LogP contribution is 1.98. The van der Waals surface area contributed by atoms with Crippen molar-refractivity contribution in [3.63, 3.8) is 0 Å². The van der Waals surface area contributed by atoms with Crippen LogP contribution in [0.25, 0.3) is 0 Å². The molecule has 0 bridgehead atoms. The third-order valence-electron chi connectivity index (χ3n) is 2.00. The van der Waals surface area contributed by atoms with E-state index in [9.17, 15) is 4.79 Å². The normalized spacial score (nSPS) is 11.1. The van der Waals surface area contributed by atoms with Gasteiger partial charge in [-0.1, -0.05) is 12.2 Å². The van der Waals surface area contributed by atoms with Crippen LogP contribution in [-0.2, 0) is 11.3 Å². The first kappa shape index (κ1) is 13.8. The molecule has 6 heteroatoms. The van der Waals surface area contributed by atoms with Gasteiger partial charge in [-0.05, 0) is 19.1 Å². The Hall–Kier alpha value is -2.24. The fourth-order valence-electron chi connectivity index (χ4n) is 1.11. The van der Waals surface area contributed by atoms with Crippen LogP contribution in [0.2, 0.25) is 0 Å². The van der Waals surface area contributed by atoms with Gasteiger partial charge in [0.2, 0.25) is 5.91 Å². The number of nitrogens with two attached hydrogens (primary N) is 1. The Morgan fingerprint density at radius 1 is 1.56 bits per heavy atom. The standard InChI is InChI=1S/C12H18N4O2/c1-9(2)6-15-12(13)16-8-11(17)14-7-10-4-3-5-18-10/h3-5H,1,6-8H2,2H3,(H,14,17)(H3,13,15,16). The Morgan fingerprint density at radius 3 is 2.94 bits per heavy atom. The molecule has 0 aliphatic rings. The Balaban J connectivity index is 2.23. The van der Waals surface area contributed by atoms with Gasteiger partial charge in [-0.2, -0.15) is 0 Å². The predicted octanol–water partition coefficient (Wildman–Crippen LogP) is 0.376. The predicted molar refractivity (Wildman–Crippen MR) is 69.9 cm³/mol. The van der Waals surface area contributed by atoms with Gasteiger partial charge < -0.3 is 20.8 Å². The largest absolute Gasteiger partial charge is 0.467 e. The maximum atomic E-state index is 11.4. The maximum Gasteiger partial charge on any atom is 0.242 e. The summed E-state index contributed by atoms with van der Waals surface area (Å²) >= 11 is 0. The number of carbonyl (C=O) groups excluding carboxylic acids is 1. The number of nitrogens with one attached hydrogen (secondary N) is 2. The minimum absolute atomic E-state index is 0.0181. The van der Waals surface area contributed by atoms with Crippen molar-refractivity contribution in [1.29, 1.82) is 0 Å². The summed E-state index contributed by atoms with van der Waals surface area (Å²) in [5.41, 5.74) is 6.50. The Kier molecular flexibility index (Phi) is 5.50. The van der Waals surface area contributed by atoms with Gasteiger partial charge in [-0.15, -0.1) is 0 Å². The minimum Gasteiger partial charge on any atom is -0.467 e. The van der Waals surface area contributed by atoms with E-state index in [1.807, 2.05) is 6.92 Å². The van der Waals surface area contributed by atoms with E-state index in [-0.39, 0.29) is 18.4 Å². The second-order valence-electron chi connectivity index (χ2n) is 3.87. The van der Waals surface area contributed by atoms with E-state index < -0.39 is 0 Å². The van der Waals surface area contributed by atoms with Crippen LogP contribution in [0.15, 0.2) is 40.0 Å². The van der Waals surface area contributed by atoms with E-state index in [4.69, 9.17) is 10.2 Å². The summed E-state index contributed by atoms with van der Waals surface area (Å²) in [6, 6.07) is 3.55. The number of furan rings is 1. The van der Waals surface area contributed by atoms with Crippen LogP contribution in [0.3, 0.4) is 0 Å². The average molecular weight is 250 g/mol. The number of rotatable bonds is 6. The quantitative estimate of drug-likeness (QED) is 0.386.